The summed E-state index contributed by atoms with van der Waals surface area (Å²) >= 11 is 0. The zero-order chi connectivity index (χ0) is 19.5. The molecule has 0 saturated heterocycles. The molecule has 2 rings (SSSR count). The number of unbranched alkanes of at least 4 members (excludes halogenated alkanes) is 1. The molecule has 2 aromatic carbocycles. The minimum absolute atomic E-state index is 0.328. The van der Waals surface area contributed by atoms with Crippen molar-refractivity contribution in [2.75, 3.05) is 13.2 Å². The second-order valence-corrected chi connectivity index (χ2v) is 5.48. The van der Waals surface area contributed by atoms with Crippen LogP contribution < -0.4 is 9.47 Å². The van der Waals surface area contributed by atoms with Crippen LogP contribution in [0.15, 0.2) is 61.2 Å². The topological polar surface area (TPSA) is 85.6 Å². The quantitative estimate of drug-likeness (QED) is 0.292. The van der Waals surface area contributed by atoms with E-state index in [0.29, 0.717) is 42.3 Å². The number of rotatable bonds is 9. The van der Waals surface area contributed by atoms with Crippen molar-refractivity contribution in [3.8, 4) is 17.6 Å². The van der Waals surface area contributed by atoms with Gasteiger partial charge in [0, 0.05) is 6.08 Å². The first kappa shape index (κ1) is 19.7. The van der Waals surface area contributed by atoms with Crippen LogP contribution in [0.25, 0.3) is 0 Å². The van der Waals surface area contributed by atoms with Crippen molar-refractivity contribution in [2.45, 2.75) is 12.8 Å². The summed E-state index contributed by atoms with van der Waals surface area (Å²) in [7, 11) is 0. The first-order valence-corrected chi connectivity index (χ1v) is 8.37. The zero-order valence-electron chi connectivity index (χ0n) is 14.7. The summed E-state index contributed by atoms with van der Waals surface area (Å²) in [6, 6.07) is 14.9. The van der Waals surface area contributed by atoms with Gasteiger partial charge in [-0.2, -0.15) is 5.26 Å². The molecule has 138 valence electrons. The number of hydrogen-bond donors (Lipinski definition) is 0. The number of esters is 2. The van der Waals surface area contributed by atoms with Crippen LogP contribution in [0.4, 0.5) is 0 Å². The minimum Gasteiger partial charge on any atom is -0.494 e. The zero-order valence-corrected chi connectivity index (χ0v) is 14.7. The summed E-state index contributed by atoms with van der Waals surface area (Å²) in [4.78, 5) is 23.0. The average Bonchev–Trinajstić information content (AvgIpc) is 2.71. The molecule has 0 aliphatic carbocycles. The minimum atomic E-state index is -0.490. The average molecular weight is 365 g/mol. The SMILES string of the molecule is C=CC(=O)OCCCCOc1ccc(C(=O)Oc2ccc(C#N)cc2)cc1. The van der Waals surface area contributed by atoms with E-state index in [1.165, 1.54) is 0 Å². The van der Waals surface area contributed by atoms with Crippen LogP contribution in [0, 0.1) is 11.3 Å². The van der Waals surface area contributed by atoms with E-state index in [-0.39, 0.29) is 0 Å². The smallest absolute Gasteiger partial charge is 0.343 e. The number of benzene rings is 2. The molecular formula is C21H19NO5. The van der Waals surface area contributed by atoms with Gasteiger partial charge >= 0.3 is 11.9 Å². The van der Waals surface area contributed by atoms with E-state index in [0.717, 1.165) is 12.5 Å². The molecule has 6 heteroatoms. The largest absolute Gasteiger partial charge is 0.494 e. The monoisotopic (exact) mass is 365 g/mol. The Kier molecular flexibility index (Phi) is 7.61. The molecule has 6 nitrogen and oxygen atoms in total. The highest BCUT2D eigenvalue weighted by atomic mass is 16.5. The molecule has 0 aliphatic rings. The Morgan fingerprint density at radius 3 is 2.22 bits per heavy atom. The summed E-state index contributed by atoms with van der Waals surface area (Å²) in [5.41, 5.74) is 0.887. The predicted molar refractivity (Wildman–Crippen MR) is 98.4 cm³/mol. The van der Waals surface area contributed by atoms with E-state index in [1.807, 2.05) is 6.07 Å². The van der Waals surface area contributed by atoms with Gasteiger partial charge in [0.05, 0.1) is 30.4 Å². The van der Waals surface area contributed by atoms with E-state index >= 15 is 0 Å². The maximum absolute atomic E-state index is 12.1. The number of hydrogen-bond acceptors (Lipinski definition) is 6. The van der Waals surface area contributed by atoms with Gasteiger partial charge in [0.15, 0.2) is 0 Å². The number of nitrogens with zero attached hydrogens (tertiary/aromatic N) is 1. The molecule has 0 bridgehead atoms. The van der Waals surface area contributed by atoms with E-state index in [2.05, 4.69) is 6.58 Å². The normalized spacial score (nSPS) is 9.74. The van der Waals surface area contributed by atoms with Crippen LogP contribution in [0.5, 0.6) is 11.5 Å². The summed E-state index contributed by atoms with van der Waals surface area (Å²) < 4.78 is 15.7. The van der Waals surface area contributed by atoms with Gasteiger partial charge in [0.1, 0.15) is 11.5 Å². The molecule has 0 spiro atoms. The second kappa shape index (κ2) is 10.4. The Balaban J connectivity index is 1.75. The van der Waals surface area contributed by atoms with Crippen molar-refractivity contribution in [2.24, 2.45) is 0 Å². The number of carbonyl (C=O) groups excluding carboxylic acids is 2. The molecule has 0 N–H and O–H groups in total. The third-order valence-corrected chi connectivity index (χ3v) is 3.50. The van der Waals surface area contributed by atoms with Gasteiger partial charge in [-0.25, -0.2) is 9.59 Å². The van der Waals surface area contributed by atoms with Gasteiger partial charge in [-0.1, -0.05) is 6.58 Å². The Bertz CT molecular complexity index is 819. The Morgan fingerprint density at radius 1 is 0.963 bits per heavy atom. The predicted octanol–water partition coefficient (Wildman–Crippen LogP) is 3.67. The maximum atomic E-state index is 12.1. The molecule has 0 heterocycles. The number of nitriles is 1. The lowest BCUT2D eigenvalue weighted by molar-refractivity contribution is -0.137. The summed E-state index contributed by atoms with van der Waals surface area (Å²) in [5, 5.41) is 8.76. The summed E-state index contributed by atoms with van der Waals surface area (Å²) in [6.07, 6.45) is 2.55. The Labute approximate surface area is 157 Å². The van der Waals surface area contributed by atoms with Crippen LogP contribution in [-0.2, 0) is 9.53 Å². The molecule has 0 saturated carbocycles. The third kappa shape index (κ3) is 6.67. The van der Waals surface area contributed by atoms with Crippen LogP contribution in [-0.4, -0.2) is 25.2 Å². The van der Waals surface area contributed by atoms with Gasteiger partial charge in [0.25, 0.3) is 0 Å². The third-order valence-electron chi connectivity index (χ3n) is 3.50. The molecule has 0 amide bonds. The number of ether oxygens (including phenoxy) is 3. The van der Waals surface area contributed by atoms with Crippen molar-refractivity contribution < 1.29 is 23.8 Å². The molecular weight excluding hydrogens is 346 g/mol. The molecule has 0 radical (unpaired) electrons. The van der Waals surface area contributed by atoms with Crippen molar-refractivity contribution >= 4 is 11.9 Å². The molecule has 27 heavy (non-hydrogen) atoms. The van der Waals surface area contributed by atoms with Gasteiger partial charge in [0.2, 0.25) is 0 Å². The highest BCUT2D eigenvalue weighted by Gasteiger charge is 2.09. The Hall–Kier alpha value is -3.59. The first-order valence-electron chi connectivity index (χ1n) is 8.37. The van der Waals surface area contributed by atoms with Crippen molar-refractivity contribution in [1.29, 1.82) is 5.26 Å². The fraction of sp³-hybridized carbons (Fsp3) is 0.190. The lowest BCUT2D eigenvalue weighted by Gasteiger charge is -2.08. The van der Waals surface area contributed by atoms with Gasteiger partial charge < -0.3 is 14.2 Å². The highest BCUT2D eigenvalue weighted by Crippen LogP contribution is 2.16. The van der Waals surface area contributed by atoms with Gasteiger partial charge in [-0.05, 0) is 61.4 Å². The molecule has 0 atom stereocenters. The molecule has 0 aromatic heterocycles. The second-order valence-electron chi connectivity index (χ2n) is 5.48. The maximum Gasteiger partial charge on any atom is 0.343 e. The highest BCUT2D eigenvalue weighted by molar-refractivity contribution is 5.91. The van der Waals surface area contributed by atoms with Crippen LogP contribution >= 0.6 is 0 Å². The summed E-state index contributed by atoms with van der Waals surface area (Å²) in [6.45, 7) is 4.12. The van der Waals surface area contributed by atoms with Gasteiger partial charge in [-0.3, -0.25) is 0 Å². The van der Waals surface area contributed by atoms with E-state index in [4.69, 9.17) is 19.5 Å². The number of carbonyl (C=O) groups is 2. The van der Waals surface area contributed by atoms with Crippen LogP contribution in [0.1, 0.15) is 28.8 Å². The van der Waals surface area contributed by atoms with E-state index < -0.39 is 11.9 Å². The van der Waals surface area contributed by atoms with Crippen LogP contribution in [0.3, 0.4) is 0 Å². The molecule has 0 fully saturated rings. The lowest BCUT2D eigenvalue weighted by atomic mass is 10.2. The fourth-order valence-corrected chi connectivity index (χ4v) is 2.08. The summed E-state index contributed by atoms with van der Waals surface area (Å²) in [5.74, 6) is 0.0826. The Morgan fingerprint density at radius 2 is 1.59 bits per heavy atom. The standard InChI is InChI=1S/C21H19NO5/c1-2-20(23)26-14-4-3-13-25-18-11-7-17(8-12-18)21(24)27-19-9-5-16(15-22)6-10-19/h2,5-12H,1,3-4,13-14H2. The van der Waals surface area contributed by atoms with Crippen molar-refractivity contribution in [3.63, 3.8) is 0 Å². The van der Waals surface area contributed by atoms with E-state index in [9.17, 15) is 9.59 Å². The van der Waals surface area contributed by atoms with Crippen molar-refractivity contribution in [3.05, 3.63) is 72.3 Å². The van der Waals surface area contributed by atoms with Crippen molar-refractivity contribution in [1.82, 2.24) is 0 Å². The molecule has 0 aliphatic heterocycles. The van der Waals surface area contributed by atoms with Crippen LogP contribution in [0.2, 0.25) is 0 Å². The van der Waals surface area contributed by atoms with Gasteiger partial charge in [-0.15, -0.1) is 0 Å². The molecule has 2 aromatic rings. The lowest BCUT2D eigenvalue weighted by Crippen LogP contribution is -2.08. The van der Waals surface area contributed by atoms with E-state index in [1.54, 1.807) is 48.5 Å². The first-order chi connectivity index (χ1) is 13.1. The fourth-order valence-electron chi connectivity index (χ4n) is 2.08. The molecule has 0 unspecified atom stereocenters.